The molecule has 3 aromatic rings. The van der Waals surface area contributed by atoms with Gasteiger partial charge in [0.25, 0.3) is 0 Å². The molecule has 2 aromatic carbocycles. The van der Waals surface area contributed by atoms with Crippen LogP contribution in [0.1, 0.15) is 23.9 Å². The number of aromatic nitrogens is 2. The van der Waals surface area contributed by atoms with Crippen LogP contribution in [0.2, 0.25) is 0 Å². The highest BCUT2D eigenvalue weighted by Crippen LogP contribution is 2.29. The minimum atomic E-state index is -0.221. The molecule has 0 aliphatic rings. The summed E-state index contributed by atoms with van der Waals surface area (Å²) >= 11 is 1.50. The number of thioether (sulfide) groups is 1. The Balaban J connectivity index is 1.76. The highest BCUT2D eigenvalue weighted by Gasteiger charge is 2.21. The molecule has 0 radical (unpaired) electrons. The maximum absolute atomic E-state index is 12.8. The van der Waals surface area contributed by atoms with Crippen LogP contribution in [0.5, 0.6) is 0 Å². The summed E-state index contributed by atoms with van der Waals surface area (Å²) in [6, 6.07) is 16.1. The van der Waals surface area contributed by atoms with Gasteiger partial charge >= 0.3 is 0 Å². The summed E-state index contributed by atoms with van der Waals surface area (Å²) < 4.78 is 0. The SMILES string of the molecule is Cc1nc(SC(C)C(=O)N(C)Cc2ccccc2C)c2ccccc2n1. The first kappa shape index (κ1) is 18.4. The van der Waals surface area contributed by atoms with Crippen molar-refractivity contribution in [1.29, 1.82) is 0 Å². The number of aryl methyl sites for hydroxylation is 2. The second kappa shape index (κ2) is 7.87. The van der Waals surface area contributed by atoms with Gasteiger partial charge < -0.3 is 4.90 Å². The minimum Gasteiger partial charge on any atom is -0.340 e. The van der Waals surface area contributed by atoms with Crippen LogP contribution in [0.4, 0.5) is 0 Å². The third-order valence-electron chi connectivity index (χ3n) is 4.36. The van der Waals surface area contributed by atoms with Crippen LogP contribution in [0.15, 0.2) is 53.6 Å². The van der Waals surface area contributed by atoms with Crippen LogP contribution in [0.3, 0.4) is 0 Å². The lowest BCUT2D eigenvalue weighted by atomic mass is 10.1. The minimum absolute atomic E-state index is 0.0959. The first-order chi connectivity index (χ1) is 12.5. The topological polar surface area (TPSA) is 46.1 Å². The van der Waals surface area contributed by atoms with Crippen molar-refractivity contribution in [1.82, 2.24) is 14.9 Å². The number of nitrogens with zero attached hydrogens (tertiary/aromatic N) is 3. The monoisotopic (exact) mass is 365 g/mol. The first-order valence-corrected chi connectivity index (χ1v) is 9.53. The average molecular weight is 366 g/mol. The molecule has 0 bridgehead atoms. The predicted molar refractivity (Wildman–Crippen MR) is 107 cm³/mol. The van der Waals surface area contributed by atoms with Gasteiger partial charge in [0.1, 0.15) is 10.9 Å². The molecule has 0 aliphatic heterocycles. The van der Waals surface area contributed by atoms with Crippen molar-refractivity contribution >= 4 is 28.6 Å². The highest BCUT2D eigenvalue weighted by molar-refractivity contribution is 8.00. The molecule has 1 heterocycles. The fraction of sp³-hybridized carbons (Fsp3) is 0.286. The molecule has 4 nitrogen and oxygen atoms in total. The molecule has 3 rings (SSSR count). The van der Waals surface area contributed by atoms with Crippen molar-refractivity contribution < 1.29 is 4.79 Å². The van der Waals surface area contributed by atoms with E-state index in [0.717, 1.165) is 21.8 Å². The molecule has 0 saturated carbocycles. The van der Waals surface area contributed by atoms with E-state index in [2.05, 4.69) is 29.0 Å². The predicted octanol–water partition coefficient (Wildman–Crippen LogP) is 4.39. The Hall–Kier alpha value is -2.40. The Morgan fingerprint density at radius 2 is 1.77 bits per heavy atom. The Morgan fingerprint density at radius 1 is 1.08 bits per heavy atom. The third-order valence-corrected chi connectivity index (χ3v) is 5.45. The smallest absolute Gasteiger partial charge is 0.235 e. The molecule has 1 amide bonds. The lowest BCUT2D eigenvalue weighted by molar-refractivity contribution is -0.129. The zero-order valence-electron chi connectivity index (χ0n) is 15.6. The molecular weight excluding hydrogens is 342 g/mol. The normalized spacial score (nSPS) is 12.2. The van der Waals surface area contributed by atoms with Gasteiger partial charge in [-0.3, -0.25) is 4.79 Å². The van der Waals surface area contributed by atoms with Gasteiger partial charge in [-0.1, -0.05) is 54.2 Å². The van der Waals surface area contributed by atoms with E-state index in [1.54, 1.807) is 4.90 Å². The van der Waals surface area contributed by atoms with E-state index in [1.165, 1.54) is 22.9 Å². The lowest BCUT2D eigenvalue weighted by Crippen LogP contribution is -2.33. The maximum Gasteiger partial charge on any atom is 0.235 e. The molecule has 0 N–H and O–H groups in total. The van der Waals surface area contributed by atoms with Gasteiger partial charge in [0.2, 0.25) is 5.91 Å². The van der Waals surface area contributed by atoms with E-state index in [9.17, 15) is 4.79 Å². The van der Waals surface area contributed by atoms with E-state index in [0.29, 0.717) is 6.54 Å². The quantitative estimate of drug-likeness (QED) is 0.497. The number of rotatable bonds is 5. The molecule has 0 spiro atoms. The van der Waals surface area contributed by atoms with Crippen molar-refractivity contribution in [3.63, 3.8) is 0 Å². The number of hydrogen-bond donors (Lipinski definition) is 0. The lowest BCUT2D eigenvalue weighted by Gasteiger charge is -2.22. The number of fused-ring (bicyclic) bond motifs is 1. The molecule has 1 unspecified atom stereocenters. The molecule has 5 heteroatoms. The Morgan fingerprint density at radius 3 is 2.54 bits per heavy atom. The van der Waals surface area contributed by atoms with E-state index in [-0.39, 0.29) is 11.2 Å². The summed E-state index contributed by atoms with van der Waals surface area (Å²) in [6.07, 6.45) is 0. The van der Waals surface area contributed by atoms with Crippen LogP contribution in [-0.4, -0.2) is 33.1 Å². The number of amides is 1. The first-order valence-electron chi connectivity index (χ1n) is 8.65. The van der Waals surface area contributed by atoms with Gasteiger partial charge in [-0.15, -0.1) is 0 Å². The van der Waals surface area contributed by atoms with Gasteiger partial charge in [-0.05, 0) is 38.0 Å². The standard InChI is InChI=1S/C21H23N3OS/c1-14-9-5-6-10-17(14)13-24(4)21(25)15(2)26-20-18-11-7-8-12-19(18)22-16(3)23-20/h5-12,15H,13H2,1-4H3. The van der Waals surface area contributed by atoms with E-state index < -0.39 is 0 Å². The van der Waals surface area contributed by atoms with Crippen LogP contribution < -0.4 is 0 Å². The zero-order chi connectivity index (χ0) is 18.7. The van der Waals surface area contributed by atoms with Crippen LogP contribution in [0.25, 0.3) is 10.9 Å². The van der Waals surface area contributed by atoms with E-state index in [4.69, 9.17) is 0 Å². The Bertz CT molecular complexity index is 941. The number of hydrogen-bond acceptors (Lipinski definition) is 4. The number of benzene rings is 2. The largest absolute Gasteiger partial charge is 0.340 e. The summed E-state index contributed by atoms with van der Waals surface area (Å²) in [5.74, 6) is 0.817. The van der Waals surface area contributed by atoms with Crippen LogP contribution in [-0.2, 0) is 11.3 Å². The fourth-order valence-electron chi connectivity index (χ4n) is 2.90. The second-order valence-corrected chi connectivity index (χ2v) is 7.80. The molecule has 1 aromatic heterocycles. The summed E-state index contributed by atoms with van der Waals surface area (Å²) in [6.45, 7) is 6.50. The Labute approximate surface area is 158 Å². The number of carbonyl (C=O) groups excluding carboxylic acids is 1. The molecule has 0 saturated heterocycles. The summed E-state index contributed by atoms with van der Waals surface area (Å²) in [7, 11) is 1.86. The molecule has 26 heavy (non-hydrogen) atoms. The fourth-order valence-corrected chi connectivity index (χ4v) is 4.00. The summed E-state index contributed by atoms with van der Waals surface area (Å²) in [4.78, 5) is 23.7. The van der Waals surface area contributed by atoms with Crippen molar-refractivity contribution in [2.45, 2.75) is 37.6 Å². The zero-order valence-corrected chi connectivity index (χ0v) is 16.4. The van der Waals surface area contributed by atoms with Crippen LogP contribution >= 0.6 is 11.8 Å². The highest BCUT2D eigenvalue weighted by atomic mass is 32.2. The summed E-state index contributed by atoms with van der Waals surface area (Å²) in [5, 5.41) is 1.63. The molecule has 0 fully saturated rings. The van der Waals surface area contributed by atoms with Crippen molar-refractivity contribution in [2.24, 2.45) is 0 Å². The van der Waals surface area contributed by atoms with E-state index in [1.807, 2.05) is 57.3 Å². The van der Waals surface area contributed by atoms with Gasteiger partial charge in [0, 0.05) is 19.0 Å². The van der Waals surface area contributed by atoms with E-state index >= 15 is 0 Å². The Kier molecular flexibility index (Phi) is 5.57. The molecule has 134 valence electrons. The molecular formula is C21H23N3OS. The van der Waals surface area contributed by atoms with Crippen molar-refractivity contribution in [3.8, 4) is 0 Å². The molecule has 0 aliphatic carbocycles. The average Bonchev–Trinajstić information content (AvgIpc) is 2.62. The number of carbonyl (C=O) groups is 1. The maximum atomic E-state index is 12.8. The van der Waals surface area contributed by atoms with Crippen molar-refractivity contribution in [3.05, 3.63) is 65.5 Å². The third kappa shape index (κ3) is 4.05. The van der Waals surface area contributed by atoms with Crippen molar-refractivity contribution in [2.75, 3.05) is 7.05 Å². The number of para-hydroxylation sites is 1. The second-order valence-electron chi connectivity index (χ2n) is 6.47. The summed E-state index contributed by atoms with van der Waals surface area (Å²) in [5.41, 5.74) is 3.28. The van der Waals surface area contributed by atoms with Gasteiger partial charge in [0.05, 0.1) is 10.8 Å². The van der Waals surface area contributed by atoms with Gasteiger partial charge in [-0.25, -0.2) is 9.97 Å². The van der Waals surface area contributed by atoms with Crippen LogP contribution in [0, 0.1) is 13.8 Å². The molecule has 1 atom stereocenters. The van der Waals surface area contributed by atoms with Gasteiger partial charge in [-0.2, -0.15) is 0 Å². The van der Waals surface area contributed by atoms with Gasteiger partial charge in [0.15, 0.2) is 0 Å².